The van der Waals surface area contributed by atoms with E-state index in [2.05, 4.69) is 21.8 Å². The molecular weight excluding hydrogens is 414 g/mol. The van der Waals surface area contributed by atoms with Crippen LogP contribution in [-0.2, 0) is 19.1 Å². The standard InChI is InChI=1S/C20H27N5O3.C2H4O2/c1-5-13-14(28-19(26)20(2,3)4)9-15(27-13)25-10-12(7-6-8-21)16-17(22)23-11-24-18(16)25;1-2(3)4/h10-11,13-15H,5,8-9,21H2,1-4H3,(H2,22,23,24);1H3,(H,3,4)/t13-,14+,15-;/m1./s1. The van der Waals surface area contributed by atoms with Crippen molar-refractivity contribution in [3.05, 3.63) is 18.1 Å². The fourth-order valence-electron chi connectivity index (χ4n) is 3.24. The van der Waals surface area contributed by atoms with Gasteiger partial charge >= 0.3 is 5.97 Å². The first-order chi connectivity index (χ1) is 15.0. The van der Waals surface area contributed by atoms with Crippen molar-refractivity contribution in [3.8, 4) is 11.8 Å². The first-order valence-corrected chi connectivity index (χ1v) is 10.4. The van der Waals surface area contributed by atoms with Gasteiger partial charge in [0.1, 0.15) is 30.1 Å². The van der Waals surface area contributed by atoms with Gasteiger partial charge in [-0.25, -0.2) is 9.97 Å². The quantitative estimate of drug-likeness (QED) is 0.475. The number of esters is 1. The number of carbonyl (C=O) groups excluding carboxylic acids is 1. The van der Waals surface area contributed by atoms with Crippen LogP contribution >= 0.6 is 0 Å². The SMILES string of the molecule is CC(=O)O.CC[C@H]1O[C@@H](n2cc(C#CCN)c3c(N)ncnc32)C[C@@H]1OC(=O)C(C)(C)C. The smallest absolute Gasteiger partial charge is 0.311 e. The predicted molar refractivity (Wildman–Crippen MR) is 119 cm³/mol. The van der Waals surface area contributed by atoms with Gasteiger partial charge in [0.05, 0.1) is 29.0 Å². The number of nitrogens with zero attached hydrogens (tertiary/aromatic N) is 3. The predicted octanol–water partition coefficient (Wildman–Crippen LogP) is 2.07. The third-order valence-electron chi connectivity index (χ3n) is 4.73. The molecule has 0 spiro atoms. The largest absolute Gasteiger partial charge is 0.481 e. The molecule has 2 aromatic heterocycles. The van der Waals surface area contributed by atoms with Crippen molar-refractivity contribution in [1.29, 1.82) is 0 Å². The second-order valence-electron chi connectivity index (χ2n) is 8.40. The number of aromatic nitrogens is 3. The zero-order valence-electron chi connectivity index (χ0n) is 19.1. The maximum absolute atomic E-state index is 12.4. The topological polar surface area (TPSA) is 156 Å². The summed E-state index contributed by atoms with van der Waals surface area (Å²) >= 11 is 0. The number of hydrogen-bond donors (Lipinski definition) is 3. The summed E-state index contributed by atoms with van der Waals surface area (Å²) in [5.74, 6) is 5.15. The summed E-state index contributed by atoms with van der Waals surface area (Å²) in [7, 11) is 0. The first kappa shape index (κ1) is 25.1. The van der Waals surface area contributed by atoms with Crippen LogP contribution in [0.4, 0.5) is 5.82 Å². The van der Waals surface area contributed by atoms with E-state index in [1.165, 1.54) is 6.33 Å². The number of fused-ring (bicyclic) bond motifs is 1. The molecule has 0 aromatic carbocycles. The second kappa shape index (κ2) is 10.4. The Hall–Kier alpha value is -3.16. The number of carboxylic acid groups (broad SMARTS) is 1. The van der Waals surface area contributed by atoms with Crippen LogP contribution in [-0.4, -0.2) is 50.3 Å². The number of nitrogens with two attached hydrogens (primary N) is 2. The number of nitrogen functional groups attached to an aromatic ring is 1. The van der Waals surface area contributed by atoms with E-state index in [9.17, 15) is 4.79 Å². The van der Waals surface area contributed by atoms with Crippen molar-refractivity contribution in [2.24, 2.45) is 11.1 Å². The molecule has 1 saturated heterocycles. The molecule has 174 valence electrons. The maximum atomic E-state index is 12.4. The van der Waals surface area contributed by atoms with Crippen molar-refractivity contribution in [2.75, 3.05) is 12.3 Å². The number of carboxylic acids is 1. The van der Waals surface area contributed by atoms with E-state index >= 15 is 0 Å². The highest BCUT2D eigenvalue weighted by Gasteiger charge is 2.40. The third kappa shape index (κ3) is 5.96. The van der Waals surface area contributed by atoms with E-state index in [-0.39, 0.29) is 30.9 Å². The molecule has 0 amide bonds. The summed E-state index contributed by atoms with van der Waals surface area (Å²) in [6, 6.07) is 0. The molecule has 0 aliphatic carbocycles. The van der Waals surface area contributed by atoms with Crippen LogP contribution in [0.25, 0.3) is 11.0 Å². The van der Waals surface area contributed by atoms with Gasteiger partial charge in [0, 0.05) is 19.5 Å². The van der Waals surface area contributed by atoms with Gasteiger partial charge in [-0.1, -0.05) is 18.8 Å². The molecule has 3 rings (SSSR count). The number of aliphatic carboxylic acids is 1. The molecule has 10 heteroatoms. The van der Waals surface area contributed by atoms with E-state index in [4.69, 9.17) is 30.8 Å². The zero-order valence-corrected chi connectivity index (χ0v) is 19.1. The zero-order chi connectivity index (χ0) is 24.1. The van der Waals surface area contributed by atoms with Gasteiger partial charge in [0.15, 0.2) is 0 Å². The lowest BCUT2D eigenvalue weighted by Gasteiger charge is -2.22. The summed E-state index contributed by atoms with van der Waals surface area (Å²) in [6.45, 7) is 8.85. The monoisotopic (exact) mass is 445 g/mol. The molecule has 3 heterocycles. The van der Waals surface area contributed by atoms with Crippen LogP contribution in [0.1, 0.15) is 59.3 Å². The van der Waals surface area contributed by atoms with E-state index in [0.29, 0.717) is 28.8 Å². The van der Waals surface area contributed by atoms with E-state index in [1.54, 1.807) is 0 Å². The Morgan fingerprint density at radius 2 is 2.03 bits per heavy atom. The summed E-state index contributed by atoms with van der Waals surface area (Å²) in [4.78, 5) is 29.8. The van der Waals surface area contributed by atoms with Crippen molar-refractivity contribution in [1.82, 2.24) is 14.5 Å². The Balaban J connectivity index is 0.000000837. The molecule has 32 heavy (non-hydrogen) atoms. The highest BCUT2D eigenvalue weighted by molar-refractivity contribution is 5.92. The van der Waals surface area contributed by atoms with Gasteiger partial charge in [-0.3, -0.25) is 9.59 Å². The number of carbonyl (C=O) groups is 2. The Labute approximate surface area is 187 Å². The highest BCUT2D eigenvalue weighted by Crippen LogP contribution is 2.37. The lowest BCUT2D eigenvalue weighted by molar-refractivity contribution is -0.161. The number of rotatable bonds is 3. The van der Waals surface area contributed by atoms with E-state index < -0.39 is 11.4 Å². The second-order valence-corrected chi connectivity index (χ2v) is 8.40. The van der Waals surface area contributed by atoms with Crippen molar-refractivity contribution < 1.29 is 24.2 Å². The minimum absolute atomic E-state index is 0.188. The van der Waals surface area contributed by atoms with E-state index in [1.807, 2.05) is 38.5 Å². The first-order valence-electron chi connectivity index (χ1n) is 10.4. The number of hydrogen-bond acceptors (Lipinski definition) is 8. The van der Waals surface area contributed by atoms with Crippen molar-refractivity contribution in [2.45, 2.75) is 65.9 Å². The third-order valence-corrected chi connectivity index (χ3v) is 4.73. The van der Waals surface area contributed by atoms with Crippen LogP contribution in [0.2, 0.25) is 0 Å². The van der Waals surface area contributed by atoms with Gasteiger partial charge in [0.25, 0.3) is 5.97 Å². The number of anilines is 1. The maximum Gasteiger partial charge on any atom is 0.311 e. The molecule has 10 nitrogen and oxygen atoms in total. The molecule has 1 fully saturated rings. The Kier molecular flexibility index (Phi) is 8.19. The highest BCUT2D eigenvalue weighted by atomic mass is 16.6. The van der Waals surface area contributed by atoms with Crippen molar-refractivity contribution in [3.63, 3.8) is 0 Å². The van der Waals surface area contributed by atoms with Gasteiger partial charge in [-0.15, -0.1) is 0 Å². The van der Waals surface area contributed by atoms with Crippen molar-refractivity contribution >= 4 is 28.8 Å². The summed E-state index contributed by atoms with van der Waals surface area (Å²) < 4.78 is 13.8. The molecule has 0 saturated carbocycles. The van der Waals surface area contributed by atoms with E-state index in [0.717, 1.165) is 13.3 Å². The summed E-state index contributed by atoms with van der Waals surface area (Å²) in [5.41, 5.74) is 12.3. The minimum atomic E-state index is -0.833. The lowest BCUT2D eigenvalue weighted by Crippen LogP contribution is -2.32. The van der Waals surface area contributed by atoms with Gasteiger partial charge in [0.2, 0.25) is 0 Å². The fraction of sp³-hybridized carbons (Fsp3) is 0.545. The van der Waals surface area contributed by atoms with Crippen LogP contribution in [0.15, 0.2) is 12.5 Å². The molecule has 2 aromatic rings. The van der Waals surface area contributed by atoms with Gasteiger partial charge in [-0.2, -0.15) is 0 Å². The molecule has 3 atom stereocenters. The molecular formula is C22H31N5O5. The Morgan fingerprint density at radius 3 is 2.59 bits per heavy atom. The average Bonchev–Trinajstić information content (AvgIpc) is 3.27. The Morgan fingerprint density at radius 1 is 1.38 bits per heavy atom. The lowest BCUT2D eigenvalue weighted by atomic mass is 9.97. The molecule has 5 N–H and O–H groups in total. The van der Waals surface area contributed by atoms with Crippen LogP contribution in [0, 0.1) is 17.3 Å². The molecule has 0 radical (unpaired) electrons. The summed E-state index contributed by atoms with van der Waals surface area (Å²) in [5, 5.41) is 8.09. The normalized spacial score (nSPS) is 20.1. The molecule has 0 bridgehead atoms. The van der Waals surface area contributed by atoms with Crippen LogP contribution in [0.5, 0.6) is 0 Å². The number of ether oxygens (including phenoxy) is 2. The van der Waals surface area contributed by atoms with Crippen LogP contribution in [0.3, 0.4) is 0 Å². The summed E-state index contributed by atoms with van der Waals surface area (Å²) in [6.07, 6.45) is 3.67. The van der Waals surface area contributed by atoms with Gasteiger partial charge < -0.3 is 30.6 Å². The Bertz CT molecular complexity index is 1030. The van der Waals surface area contributed by atoms with Crippen LogP contribution < -0.4 is 11.5 Å². The molecule has 0 unspecified atom stereocenters. The fourth-order valence-corrected chi connectivity index (χ4v) is 3.24. The van der Waals surface area contributed by atoms with Gasteiger partial charge in [-0.05, 0) is 27.2 Å². The molecule has 1 aliphatic heterocycles. The minimum Gasteiger partial charge on any atom is -0.481 e. The average molecular weight is 446 g/mol. The molecule has 1 aliphatic rings.